The summed E-state index contributed by atoms with van der Waals surface area (Å²) in [6.45, 7) is 5.61. The molecule has 1 spiro atoms. The predicted octanol–water partition coefficient (Wildman–Crippen LogP) is 6.18. The lowest BCUT2D eigenvalue weighted by Gasteiger charge is -2.48. The molecular weight excluding hydrogens is 416 g/mol. The Morgan fingerprint density at radius 1 is 0.735 bits per heavy atom. The van der Waals surface area contributed by atoms with Gasteiger partial charge in [-0.3, -0.25) is 9.88 Å². The molecule has 2 aliphatic rings. The van der Waals surface area contributed by atoms with E-state index in [2.05, 4.69) is 75.4 Å². The quantitative estimate of drug-likeness (QED) is 0.373. The Morgan fingerprint density at radius 2 is 1.50 bits per heavy atom. The van der Waals surface area contributed by atoms with Crippen LogP contribution >= 0.6 is 0 Å². The standard InChI is InChI=1S/C30H32N4/c1-2-9-25(10-3-1)26-11-6-8-24(20-26)22-33-17-7-14-30(23-33)15-18-34(19-16-30)29-21-31-27-12-4-5-13-28(27)32-29/h1-6,8-13,20-21H,7,14-19,22-23H2. The summed E-state index contributed by atoms with van der Waals surface area (Å²) in [6.07, 6.45) is 7.08. The largest absolute Gasteiger partial charge is 0.355 e. The Kier molecular flexibility index (Phi) is 5.76. The zero-order chi connectivity index (χ0) is 22.8. The van der Waals surface area contributed by atoms with Crippen molar-refractivity contribution in [3.05, 3.63) is 90.6 Å². The maximum atomic E-state index is 4.89. The summed E-state index contributed by atoms with van der Waals surface area (Å²) in [7, 11) is 0. The lowest BCUT2D eigenvalue weighted by Crippen LogP contribution is -2.49. The van der Waals surface area contributed by atoms with E-state index >= 15 is 0 Å². The number of nitrogens with zero attached hydrogens (tertiary/aromatic N) is 4. The van der Waals surface area contributed by atoms with Crippen LogP contribution in [-0.4, -0.2) is 41.0 Å². The molecule has 4 nitrogen and oxygen atoms in total. The zero-order valence-electron chi connectivity index (χ0n) is 19.7. The van der Waals surface area contributed by atoms with Crippen molar-refractivity contribution in [2.75, 3.05) is 31.1 Å². The molecule has 0 atom stereocenters. The number of likely N-dealkylation sites (tertiary alicyclic amines) is 1. The zero-order valence-corrected chi connectivity index (χ0v) is 19.7. The van der Waals surface area contributed by atoms with Gasteiger partial charge in [-0.15, -0.1) is 0 Å². The summed E-state index contributed by atoms with van der Waals surface area (Å²) in [4.78, 5) is 14.7. The van der Waals surface area contributed by atoms with E-state index in [0.717, 1.165) is 36.5 Å². The van der Waals surface area contributed by atoms with Crippen LogP contribution in [0, 0.1) is 5.41 Å². The number of hydrogen-bond acceptors (Lipinski definition) is 4. The number of aromatic nitrogens is 2. The Morgan fingerprint density at radius 3 is 2.35 bits per heavy atom. The first-order valence-electron chi connectivity index (χ1n) is 12.6. The molecule has 0 radical (unpaired) electrons. The molecule has 172 valence electrons. The Balaban J connectivity index is 1.11. The van der Waals surface area contributed by atoms with Gasteiger partial charge in [-0.1, -0.05) is 60.7 Å². The van der Waals surface area contributed by atoms with Crippen LogP contribution in [0.15, 0.2) is 85.1 Å². The second-order valence-corrected chi connectivity index (χ2v) is 10.1. The van der Waals surface area contributed by atoms with Crippen LogP contribution in [0.5, 0.6) is 0 Å². The molecule has 2 fully saturated rings. The van der Waals surface area contributed by atoms with E-state index in [1.807, 2.05) is 24.4 Å². The lowest BCUT2D eigenvalue weighted by molar-refractivity contribution is 0.0604. The lowest BCUT2D eigenvalue weighted by atomic mass is 9.72. The number of fused-ring (bicyclic) bond motifs is 1. The van der Waals surface area contributed by atoms with E-state index < -0.39 is 0 Å². The van der Waals surface area contributed by atoms with Gasteiger partial charge in [0.25, 0.3) is 0 Å². The van der Waals surface area contributed by atoms with Crippen LogP contribution in [0.1, 0.15) is 31.2 Å². The number of para-hydroxylation sites is 2. The van der Waals surface area contributed by atoms with Crippen LogP contribution in [0.4, 0.5) is 5.82 Å². The van der Waals surface area contributed by atoms with Crippen LogP contribution in [0.2, 0.25) is 0 Å². The van der Waals surface area contributed by atoms with Crippen molar-refractivity contribution >= 4 is 16.9 Å². The highest BCUT2D eigenvalue weighted by atomic mass is 15.2. The maximum absolute atomic E-state index is 4.89. The third-order valence-electron chi connectivity index (χ3n) is 7.76. The molecule has 0 N–H and O–H groups in total. The fourth-order valence-electron chi connectivity index (χ4n) is 5.90. The number of benzene rings is 3. The summed E-state index contributed by atoms with van der Waals surface area (Å²) in [5.41, 5.74) is 6.43. The van der Waals surface area contributed by atoms with Crippen molar-refractivity contribution in [2.45, 2.75) is 32.2 Å². The number of rotatable bonds is 4. The normalized spacial score (nSPS) is 18.4. The van der Waals surface area contributed by atoms with Gasteiger partial charge in [0.2, 0.25) is 0 Å². The highest BCUT2D eigenvalue weighted by Crippen LogP contribution is 2.41. The Labute approximate surface area is 202 Å². The molecule has 3 heterocycles. The van der Waals surface area contributed by atoms with E-state index in [1.165, 1.54) is 55.5 Å². The van der Waals surface area contributed by atoms with Crippen LogP contribution in [0.3, 0.4) is 0 Å². The van der Waals surface area contributed by atoms with Crippen molar-refractivity contribution < 1.29 is 0 Å². The summed E-state index contributed by atoms with van der Waals surface area (Å²) in [6, 6.07) is 28.0. The highest BCUT2D eigenvalue weighted by molar-refractivity contribution is 5.75. The molecule has 0 aliphatic carbocycles. The van der Waals surface area contributed by atoms with Gasteiger partial charge in [-0.2, -0.15) is 0 Å². The smallest absolute Gasteiger partial charge is 0.147 e. The van der Waals surface area contributed by atoms with Crippen LogP contribution in [-0.2, 0) is 6.54 Å². The molecule has 4 aromatic rings. The molecule has 2 saturated heterocycles. The summed E-state index contributed by atoms with van der Waals surface area (Å²) in [5.74, 6) is 1.03. The fourth-order valence-corrected chi connectivity index (χ4v) is 5.90. The second-order valence-electron chi connectivity index (χ2n) is 10.1. The molecule has 2 aliphatic heterocycles. The molecule has 0 bridgehead atoms. The monoisotopic (exact) mass is 448 g/mol. The van der Waals surface area contributed by atoms with Crippen molar-refractivity contribution in [1.29, 1.82) is 0 Å². The molecular formula is C30H32N4. The minimum Gasteiger partial charge on any atom is -0.355 e. The van der Waals surface area contributed by atoms with Gasteiger partial charge in [0.15, 0.2) is 0 Å². The first kappa shape index (κ1) is 21.3. The van der Waals surface area contributed by atoms with Gasteiger partial charge >= 0.3 is 0 Å². The van der Waals surface area contributed by atoms with Crippen LogP contribution < -0.4 is 4.90 Å². The van der Waals surface area contributed by atoms with Gasteiger partial charge in [-0.25, -0.2) is 4.98 Å². The Hall–Kier alpha value is -3.24. The molecule has 4 heteroatoms. The SMILES string of the molecule is c1ccc(-c2cccc(CN3CCCC4(CCN(c5cnc6ccccc6n5)CC4)C3)c2)cc1. The van der Waals surface area contributed by atoms with Crippen molar-refractivity contribution in [2.24, 2.45) is 5.41 Å². The van der Waals surface area contributed by atoms with Crippen molar-refractivity contribution in [3.8, 4) is 11.1 Å². The molecule has 0 saturated carbocycles. The third-order valence-corrected chi connectivity index (χ3v) is 7.76. The van der Waals surface area contributed by atoms with Gasteiger partial charge < -0.3 is 4.90 Å². The van der Waals surface area contributed by atoms with Crippen LogP contribution in [0.25, 0.3) is 22.2 Å². The van der Waals surface area contributed by atoms with Gasteiger partial charge in [-0.05, 0) is 72.5 Å². The highest BCUT2D eigenvalue weighted by Gasteiger charge is 2.38. The fraction of sp³-hybridized carbons (Fsp3) is 0.333. The molecule has 0 unspecified atom stereocenters. The van der Waals surface area contributed by atoms with Crippen molar-refractivity contribution in [3.63, 3.8) is 0 Å². The van der Waals surface area contributed by atoms with Crippen molar-refractivity contribution in [1.82, 2.24) is 14.9 Å². The molecule has 6 rings (SSSR count). The Bertz CT molecular complexity index is 1260. The number of piperidine rings is 2. The van der Waals surface area contributed by atoms with E-state index in [0.29, 0.717) is 5.41 Å². The van der Waals surface area contributed by atoms with E-state index in [-0.39, 0.29) is 0 Å². The second kappa shape index (κ2) is 9.19. The maximum Gasteiger partial charge on any atom is 0.147 e. The van der Waals surface area contributed by atoms with Gasteiger partial charge in [0.05, 0.1) is 17.2 Å². The van der Waals surface area contributed by atoms with Gasteiger partial charge in [0, 0.05) is 26.2 Å². The summed E-state index contributed by atoms with van der Waals surface area (Å²) in [5, 5.41) is 0. The predicted molar refractivity (Wildman–Crippen MR) is 140 cm³/mol. The molecule has 34 heavy (non-hydrogen) atoms. The summed E-state index contributed by atoms with van der Waals surface area (Å²) >= 11 is 0. The molecule has 1 aromatic heterocycles. The molecule has 3 aromatic carbocycles. The average molecular weight is 449 g/mol. The molecule has 0 amide bonds. The van der Waals surface area contributed by atoms with E-state index in [4.69, 9.17) is 4.98 Å². The number of anilines is 1. The first-order chi connectivity index (χ1) is 16.8. The number of hydrogen-bond donors (Lipinski definition) is 0. The minimum absolute atomic E-state index is 0.441. The summed E-state index contributed by atoms with van der Waals surface area (Å²) < 4.78 is 0. The average Bonchev–Trinajstić information content (AvgIpc) is 2.90. The van der Waals surface area contributed by atoms with E-state index in [9.17, 15) is 0 Å². The first-order valence-corrected chi connectivity index (χ1v) is 12.6. The van der Waals surface area contributed by atoms with E-state index in [1.54, 1.807) is 0 Å². The minimum atomic E-state index is 0.441. The topological polar surface area (TPSA) is 32.3 Å². The van der Waals surface area contributed by atoms with Gasteiger partial charge in [0.1, 0.15) is 5.82 Å². The third kappa shape index (κ3) is 4.43.